The van der Waals surface area contributed by atoms with Gasteiger partial charge in [-0.15, -0.1) is 0 Å². The highest BCUT2D eigenvalue weighted by Gasteiger charge is 2.45. The van der Waals surface area contributed by atoms with Gasteiger partial charge >= 0.3 is 0 Å². The molecule has 0 aliphatic carbocycles. The van der Waals surface area contributed by atoms with Crippen molar-refractivity contribution in [2.24, 2.45) is 5.73 Å². The quantitative estimate of drug-likeness (QED) is 0.480. The van der Waals surface area contributed by atoms with Crippen LogP contribution in [-0.2, 0) is 14.3 Å². The van der Waals surface area contributed by atoms with Gasteiger partial charge in [-0.2, -0.15) is 0 Å². The van der Waals surface area contributed by atoms with Gasteiger partial charge in [0.15, 0.2) is 0 Å². The number of piperidine rings is 1. The average molecular weight is 392 g/mol. The third-order valence-corrected chi connectivity index (χ3v) is 4.75. The van der Waals surface area contributed by atoms with E-state index < -0.39 is 35.5 Å². The number of rotatable bonds is 7. The Kier molecular flexibility index (Phi) is 5.71. The number of hydrogen-bond donors (Lipinski definition) is 2. The van der Waals surface area contributed by atoms with Gasteiger partial charge in [-0.1, -0.05) is 0 Å². The number of amides is 4. The number of anilines is 1. The van der Waals surface area contributed by atoms with Gasteiger partial charge in [0.2, 0.25) is 11.8 Å². The molecule has 2 aliphatic rings. The normalized spacial score (nSPS) is 19.1. The second-order valence-corrected chi connectivity index (χ2v) is 6.62. The monoisotopic (exact) mass is 392 g/mol. The summed E-state index contributed by atoms with van der Waals surface area (Å²) in [7, 11) is 1.63. The van der Waals surface area contributed by atoms with Crippen molar-refractivity contribution in [1.29, 1.82) is 0 Å². The highest BCUT2D eigenvalue weighted by molar-refractivity contribution is 6.23. The summed E-state index contributed by atoms with van der Waals surface area (Å²) in [5.74, 6) is -3.24. The summed E-state index contributed by atoms with van der Waals surface area (Å²) in [5, 5.41) is 2.12. The Balaban J connectivity index is 1.83. The molecule has 1 unspecified atom stereocenters. The molecule has 1 aromatic rings. The molecule has 1 aromatic carbocycles. The van der Waals surface area contributed by atoms with Crippen molar-refractivity contribution in [3.8, 4) is 0 Å². The van der Waals surface area contributed by atoms with Crippen LogP contribution in [0.3, 0.4) is 0 Å². The van der Waals surface area contributed by atoms with E-state index in [-0.39, 0.29) is 29.7 Å². The van der Waals surface area contributed by atoms with Crippen molar-refractivity contribution in [3.63, 3.8) is 0 Å². The van der Waals surface area contributed by atoms with Crippen LogP contribution in [0.5, 0.6) is 0 Å². The number of benzene rings is 1. The number of likely N-dealkylation sites (N-methyl/N-ethyl adjacent to an activating group) is 1. The van der Waals surface area contributed by atoms with E-state index in [9.17, 15) is 23.6 Å². The van der Waals surface area contributed by atoms with Gasteiger partial charge in [0.1, 0.15) is 11.9 Å². The fourth-order valence-corrected chi connectivity index (χ4v) is 3.28. The topological polar surface area (TPSA) is 122 Å². The summed E-state index contributed by atoms with van der Waals surface area (Å²) in [4.78, 5) is 51.2. The lowest BCUT2D eigenvalue weighted by Gasteiger charge is -2.27. The SMILES string of the molecule is CN(CCOCCN)c1cc2c(cc1F)C(=O)N(C1CCC(=O)NC1=O)C2=O. The molecule has 1 atom stereocenters. The van der Waals surface area contributed by atoms with Gasteiger partial charge in [-0.05, 0) is 18.6 Å². The minimum atomic E-state index is -1.08. The minimum absolute atomic E-state index is 0.0228. The minimum Gasteiger partial charge on any atom is -0.378 e. The number of nitrogens with two attached hydrogens (primary N) is 1. The number of hydrogen-bond acceptors (Lipinski definition) is 7. The van der Waals surface area contributed by atoms with Gasteiger partial charge in [0, 0.05) is 26.6 Å². The van der Waals surface area contributed by atoms with Crippen molar-refractivity contribution in [2.75, 3.05) is 38.3 Å². The Morgan fingerprint density at radius 1 is 1.21 bits per heavy atom. The molecule has 0 radical (unpaired) electrons. The van der Waals surface area contributed by atoms with Crippen LogP contribution in [0.15, 0.2) is 12.1 Å². The van der Waals surface area contributed by atoms with Gasteiger partial charge in [0.05, 0.1) is 30.0 Å². The molecule has 4 amide bonds. The highest BCUT2D eigenvalue weighted by atomic mass is 19.1. The summed E-state index contributed by atoms with van der Waals surface area (Å²) in [6.45, 7) is 1.44. The van der Waals surface area contributed by atoms with E-state index in [0.29, 0.717) is 26.3 Å². The smallest absolute Gasteiger partial charge is 0.262 e. The highest BCUT2D eigenvalue weighted by Crippen LogP contribution is 2.32. The molecule has 0 saturated carbocycles. The van der Waals surface area contributed by atoms with Crippen molar-refractivity contribution in [2.45, 2.75) is 18.9 Å². The first-order valence-electron chi connectivity index (χ1n) is 8.89. The number of carbonyl (C=O) groups excluding carboxylic acids is 4. The molecular formula is C18H21FN4O5. The maximum atomic E-state index is 14.6. The Morgan fingerprint density at radius 3 is 2.54 bits per heavy atom. The van der Waals surface area contributed by atoms with E-state index in [1.807, 2.05) is 0 Å². The Bertz CT molecular complexity index is 844. The van der Waals surface area contributed by atoms with E-state index >= 15 is 0 Å². The molecule has 3 rings (SSSR count). The number of nitrogens with zero attached hydrogens (tertiary/aromatic N) is 2. The number of nitrogens with one attached hydrogen (secondary N) is 1. The van der Waals surface area contributed by atoms with E-state index in [2.05, 4.69) is 5.32 Å². The summed E-state index contributed by atoms with van der Waals surface area (Å²) < 4.78 is 19.8. The third-order valence-electron chi connectivity index (χ3n) is 4.75. The van der Waals surface area contributed by atoms with Crippen molar-refractivity contribution < 1.29 is 28.3 Å². The molecule has 1 saturated heterocycles. The molecule has 1 fully saturated rings. The first kappa shape index (κ1) is 19.9. The molecular weight excluding hydrogens is 371 g/mol. The number of halogens is 1. The largest absolute Gasteiger partial charge is 0.378 e. The van der Waals surface area contributed by atoms with E-state index in [1.165, 1.54) is 6.07 Å². The summed E-state index contributed by atoms with van der Waals surface area (Å²) >= 11 is 0. The fraction of sp³-hybridized carbons (Fsp3) is 0.444. The molecule has 9 nitrogen and oxygen atoms in total. The van der Waals surface area contributed by atoms with Crippen LogP contribution in [0.1, 0.15) is 33.6 Å². The second kappa shape index (κ2) is 8.03. The van der Waals surface area contributed by atoms with Crippen molar-refractivity contribution in [3.05, 3.63) is 29.1 Å². The van der Waals surface area contributed by atoms with Crippen LogP contribution >= 0.6 is 0 Å². The predicted molar refractivity (Wildman–Crippen MR) is 96.2 cm³/mol. The Hall–Kier alpha value is -2.85. The van der Waals surface area contributed by atoms with Crippen LogP contribution in [0, 0.1) is 5.82 Å². The van der Waals surface area contributed by atoms with Gasteiger partial charge in [-0.3, -0.25) is 29.4 Å². The number of ether oxygens (including phenoxy) is 1. The summed E-state index contributed by atoms with van der Waals surface area (Å²) in [5.41, 5.74) is 5.42. The number of fused-ring (bicyclic) bond motifs is 1. The first-order valence-corrected chi connectivity index (χ1v) is 8.89. The zero-order chi connectivity index (χ0) is 20.4. The van der Waals surface area contributed by atoms with Crippen LogP contribution in [0.25, 0.3) is 0 Å². The molecule has 28 heavy (non-hydrogen) atoms. The fourth-order valence-electron chi connectivity index (χ4n) is 3.28. The van der Waals surface area contributed by atoms with E-state index in [0.717, 1.165) is 11.0 Å². The predicted octanol–water partition coefficient (Wildman–Crippen LogP) is -0.362. The lowest BCUT2D eigenvalue weighted by Crippen LogP contribution is -2.54. The Morgan fingerprint density at radius 2 is 1.89 bits per heavy atom. The van der Waals surface area contributed by atoms with Crippen LogP contribution < -0.4 is 16.0 Å². The Labute approximate surface area is 160 Å². The van der Waals surface area contributed by atoms with Gasteiger partial charge in [0.25, 0.3) is 11.8 Å². The number of carbonyl (C=O) groups is 4. The lowest BCUT2D eigenvalue weighted by molar-refractivity contribution is -0.136. The van der Waals surface area contributed by atoms with Crippen LogP contribution in [-0.4, -0.2) is 67.9 Å². The first-order chi connectivity index (χ1) is 13.3. The third kappa shape index (κ3) is 3.60. The van der Waals surface area contributed by atoms with Gasteiger partial charge in [-0.25, -0.2) is 4.39 Å². The van der Waals surface area contributed by atoms with E-state index in [4.69, 9.17) is 10.5 Å². The second-order valence-electron chi connectivity index (χ2n) is 6.62. The molecule has 0 spiro atoms. The molecule has 3 N–H and O–H groups in total. The zero-order valence-electron chi connectivity index (χ0n) is 15.4. The van der Waals surface area contributed by atoms with Crippen molar-refractivity contribution in [1.82, 2.24) is 10.2 Å². The number of imide groups is 2. The summed E-state index contributed by atoms with van der Waals surface area (Å²) in [6.07, 6.45) is 0.0683. The maximum Gasteiger partial charge on any atom is 0.262 e. The van der Waals surface area contributed by atoms with Crippen LogP contribution in [0.4, 0.5) is 10.1 Å². The average Bonchev–Trinajstić information content (AvgIpc) is 2.88. The molecule has 10 heteroatoms. The standard InChI is InChI=1S/C18H21FN4O5/c1-22(5-7-28-6-4-20)14-9-11-10(8-12(14)19)17(26)23(18(11)27)13-2-3-15(24)21-16(13)25/h8-9,13H,2-7,20H2,1H3,(H,21,24,25). The molecule has 2 heterocycles. The lowest BCUT2D eigenvalue weighted by atomic mass is 10.0. The summed E-state index contributed by atoms with van der Waals surface area (Å²) in [6, 6.07) is 1.23. The van der Waals surface area contributed by atoms with Crippen molar-refractivity contribution >= 4 is 29.3 Å². The molecule has 2 aliphatic heterocycles. The molecule has 0 bridgehead atoms. The maximum absolute atomic E-state index is 14.6. The van der Waals surface area contributed by atoms with E-state index in [1.54, 1.807) is 11.9 Å². The molecule has 150 valence electrons. The zero-order valence-corrected chi connectivity index (χ0v) is 15.4. The molecule has 0 aromatic heterocycles. The van der Waals surface area contributed by atoms with Crippen LogP contribution in [0.2, 0.25) is 0 Å². The van der Waals surface area contributed by atoms with Gasteiger partial charge < -0.3 is 15.4 Å².